The molecule has 2 aliphatic heterocycles. The number of carbonyl (C=O) groups is 2. The molecule has 1 fully saturated rings. The third-order valence-electron chi connectivity index (χ3n) is 6.29. The van der Waals surface area contributed by atoms with Gasteiger partial charge in [0.05, 0.1) is 12.3 Å². The lowest BCUT2D eigenvalue weighted by Crippen LogP contribution is -2.38. The Morgan fingerprint density at radius 2 is 1.73 bits per heavy atom. The maximum absolute atomic E-state index is 9.55. The van der Waals surface area contributed by atoms with Gasteiger partial charge in [0.2, 0.25) is 0 Å². The van der Waals surface area contributed by atoms with Crippen LogP contribution in [0.2, 0.25) is 5.02 Å². The highest BCUT2D eigenvalue weighted by Crippen LogP contribution is 2.34. The minimum absolute atomic E-state index is 0.461. The highest BCUT2D eigenvalue weighted by Gasteiger charge is 2.28. The van der Waals surface area contributed by atoms with E-state index in [9.17, 15) is 9.59 Å². The quantitative estimate of drug-likeness (QED) is 0.414. The molecule has 2 aliphatic rings. The van der Waals surface area contributed by atoms with E-state index in [0.29, 0.717) is 30.1 Å². The smallest absolute Gasteiger partial charge is 0.328 e. The average Bonchev–Trinajstić information content (AvgIpc) is 3.08. The summed E-state index contributed by atoms with van der Waals surface area (Å²) in [5.74, 6) is -0.995. The first kappa shape index (κ1) is 27.2. The van der Waals surface area contributed by atoms with Crippen LogP contribution in [0.3, 0.4) is 0 Å². The first-order chi connectivity index (χ1) is 15.6. The SMILES string of the molecule is CC(C)(C)C1CCN(CCCCOc2nn3c(c2Cl)CCCC3)CC1.O=C(O)/C=C\C(=O)O. The van der Waals surface area contributed by atoms with E-state index in [4.69, 9.17) is 26.6 Å². The van der Waals surface area contributed by atoms with Crippen LogP contribution in [0.1, 0.15) is 65.0 Å². The number of ether oxygens (including phenoxy) is 1. The molecule has 0 aliphatic carbocycles. The lowest BCUT2D eigenvalue weighted by Gasteiger charge is -2.38. The molecule has 9 heteroatoms. The topological polar surface area (TPSA) is 105 Å². The molecule has 0 bridgehead atoms. The van der Waals surface area contributed by atoms with Gasteiger partial charge in [-0.1, -0.05) is 32.4 Å². The van der Waals surface area contributed by atoms with Crippen molar-refractivity contribution in [1.29, 1.82) is 0 Å². The highest BCUT2D eigenvalue weighted by molar-refractivity contribution is 6.32. The van der Waals surface area contributed by atoms with Crippen molar-refractivity contribution < 1.29 is 24.5 Å². The maximum atomic E-state index is 9.55. The second-order valence-electron chi connectivity index (χ2n) is 9.79. The van der Waals surface area contributed by atoms with E-state index in [2.05, 4.69) is 30.8 Å². The van der Waals surface area contributed by atoms with Crippen LogP contribution >= 0.6 is 11.6 Å². The van der Waals surface area contributed by atoms with E-state index < -0.39 is 11.9 Å². The van der Waals surface area contributed by atoms with Crippen molar-refractivity contribution in [1.82, 2.24) is 14.7 Å². The van der Waals surface area contributed by atoms with Crippen LogP contribution in [0.15, 0.2) is 12.2 Å². The molecule has 1 aromatic rings. The Morgan fingerprint density at radius 3 is 2.27 bits per heavy atom. The zero-order valence-electron chi connectivity index (χ0n) is 20.1. The highest BCUT2D eigenvalue weighted by atomic mass is 35.5. The summed E-state index contributed by atoms with van der Waals surface area (Å²) in [6, 6.07) is 0. The molecule has 3 rings (SSSR count). The Morgan fingerprint density at radius 1 is 1.09 bits per heavy atom. The van der Waals surface area contributed by atoms with Crippen molar-refractivity contribution in [3.63, 3.8) is 0 Å². The zero-order valence-corrected chi connectivity index (χ0v) is 20.8. The minimum Gasteiger partial charge on any atom is -0.478 e. The number of likely N-dealkylation sites (tertiary alicyclic amines) is 1. The average molecular weight is 484 g/mol. The summed E-state index contributed by atoms with van der Waals surface area (Å²) >= 11 is 6.41. The molecular weight excluding hydrogens is 446 g/mol. The Balaban J connectivity index is 0.000000414. The molecule has 186 valence electrons. The van der Waals surface area contributed by atoms with Crippen molar-refractivity contribution in [2.24, 2.45) is 11.3 Å². The second kappa shape index (κ2) is 13.0. The third kappa shape index (κ3) is 9.37. The summed E-state index contributed by atoms with van der Waals surface area (Å²) in [5.41, 5.74) is 1.62. The van der Waals surface area contributed by atoms with E-state index >= 15 is 0 Å². The monoisotopic (exact) mass is 483 g/mol. The summed E-state index contributed by atoms with van der Waals surface area (Å²) in [5, 5.41) is 20.9. The second-order valence-corrected chi connectivity index (χ2v) is 10.2. The van der Waals surface area contributed by atoms with Crippen LogP contribution in [0.5, 0.6) is 5.88 Å². The van der Waals surface area contributed by atoms with Gasteiger partial charge in [-0.3, -0.25) is 4.68 Å². The van der Waals surface area contributed by atoms with Gasteiger partial charge >= 0.3 is 11.9 Å². The van der Waals surface area contributed by atoms with Crippen molar-refractivity contribution in [2.75, 3.05) is 26.2 Å². The molecule has 0 unspecified atom stereocenters. The molecule has 2 N–H and O–H groups in total. The van der Waals surface area contributed by atoms with E-state index in [1.54, 1.807) is 0 Å². The van der Waals surface area contributed by atoms with Crippen molar-refractivity contribution in [2.45, 2.75) is 72.3 Å². The van der Waals surface area contributed by atoms with Gasteiger partial charge in [-0.2, -0.15) is 0 Å². The Bertz CT molecular complexity index is 792. The first-order valence-corrected chi connectivity index (χ1v) is 12.2. The molecular formula is C24H38ClN3O5. The van der Waals surface area contributed by atoms with Crippen molar-refractivity contribution >= 4 is 23.5 Å². The van der Waals surface area contributed by atoms with Crippen LogP contribution in [0.25, 0.3) is 0 Å². The van der Waals surface area contributed by atoms with Crippen LogP contribution in [0, 0.1) is 11.3 Å². The largest absolute Gasteiger partial charge is 0.478 e. The number of aromatic nitrogens is 2. The van der Waals surface area contributed by atoms with E-state index in [-0.39, 0.29) is 0 Å². The molecule has 3 heterocycles. The van der Waals surface area contributed by atoms with E-state index in [0.717, 1.165) is 36.0 Å². The molecule has 0 aromatic carbocycles. The van der Waals surface area contributed by atoms with Gasteiger partial charge in [-0.05, 0) is 75.9 Å². The maximum Gasteiger partial charge on any atom is 0.328 e. The van der Waals surface area contributed by atoms with Gasteiger partial charge in [-0.15, -0.1) is 5.10 Å². The van der Waals surface area contributed by atoms with E-state index in [1.165, 1.54) is 51.7 Å². The van der Waals surface area contributed by atoms with Gasteiger partial charge in [-0.25, -0.2) is 9.59 Å². The van der Waals surface area contributed by atoms with Gasteiger partial charge in [0, 0.05) is 18.7 Å². The molecule has 0 atom stereocenters. The number of carboxylic acids is 2. The standard InChI is InChI=1S/C20H34ClN3O.C4H4O4/c1-20(2,3)16-9-13-23(14-10-16)11-6-7-15-25-19-18(21)17-8-4-5-12-24(17)22-19;5-3(6)1-2-4(7)8/h16H,4-15H2,1-3H3;1-2H,(H,5,6)(H,7,8)/b;2-1-. The van der Waals surface area contributed by atoms with Crippen LogP contribution < -0.4 is 4.74 Å². The number of aliphatic carboxylic acids is 2. The number of carboxylic acid groups (broad SMARTS) is 2. The summed E-state index contributed by atoms with van der Waals surface area (Å²) < 4.78 is 7.89. The fraction of sp³-hybridized carbons (Fsp3) is 0.708. The molecule has 33 heavy (non-hydrogen) atoms. The summed E-state index contributed by atoms with van der Waals surface area (Å²) in [7, 11) is 0. The molecule has 1 saturated heterocycles. The number of aryl methyl sites for hydroxylation is 1. The number of halogens is 1. The Kier molecular flexibility index (Phi) is 10.7. The van der Waals surface area contributed by atoms with Gasteiger partial charge in [0.25, 0.3) is 5.88 Å². The number of nitrogens with zero attached hydrogens (tertiary/aromatic N) is 3. The van der Waals surface area contributed by atoms with E-state index in [1.807, 2.05) is 4.68 Å². The molecule has 0 saturated carbocycles. The number of piperidine rings is 1. The Hall–Kier alpha value is -2.06. The van der Waals surface area contributed by atoms with Crippen LogP contribution in [-0.4, -0.2) is 63.1 Å². The fourth-order valence-electron chi connectivity index (χ4n) is 4.29. The Labute approximate surface area is 201 Å². The van der Waals surface area contributed by atoms with Gasteiger partial charge < -0.3 is 19.8 Å². The van der Waals surface area contributed by atoms with Crippen molar-refractivity contribution in [3.05, 3.63) is 22.9 Å². The predicted octanol–water partition coefficient (Wildman–Crippen LogP) is 4.50. The van der Waals surface area contributed by atoms with Crippen molar-refractivity contribution in [3.8, 4) is 5.88 Å². The van der Waals surface area contributed by atoms with Gasteiger partial charge in [0.15, 0.2) is 0 Å². The number of unbranched alkanes of at least 4 members (excludes halogenated alkanes) is 1. The summed E-state index contributed by atoms with van der Waals surface area (Å²) in [6.07, 6.45) is 9.48. The van der Waals surface area contributed by atoms with Crippen LogP contribution in [0.4, 0.5) is 0 Å². The number of hydrogen-bond donors (Lipinski definition) is 2. The third-order valence-corrected chi connectivity index (χ3v) is 6.67. The zero-order chi connectivity index (χ0) is 24.4. The lowest BCUT2D eigenvalue weighted by atomic mass is 9.75. The number of fused-ring (bicyclic) bond motifs is 1. The molecule has 0 radical (unpaired) electrons. The predicted molar refractivity (Wildman–Crippen MR) is 128 cm³/mol. The normalized spacial score (nSPS) is 17.3. The molecule has 1 aromatic heterocycles. The lowest BCUT2D eigenvalue weighted by molar-refractivity contribution is -0.134. The first-order valence-electron chi connectivity index (χ1n) is 11.8. The molecule has 0 amide bonds. The molecule has 0 spiro atoms. The summed E-state index contributed by atoms with van der Waals surface area (Å²) in [4.78, 5) is 21.7. The van der Waals surface area contributed by atoms with Gasteiger partial charge in [0.1, 0.15) is 5.02 Å². The minimum atomic E-state index is -1.26. The summed E-state index contributed by atoms with van der Waals surface area (Å²) in [6.45, 7) is 12.5. The van der Waals surface area contributed by atoms with Crippen LogP contribution in [-0.2, 0) is 22.6 Å². The number of hydrogen-bond acceptors (Lipinski definition) is 5. The fourth-order valence-corrected chi connectivity index (χ4v) is 4.58. The molecule has 8 nitrogen and oxygen atoms in total. The number of rotatable bonds is 8.